The second-order valence-electron chi connectivity index (χ2n) is 7.66. The maximum atomic E-state index is 13.5. The molecule has 2 aromatic rings. The van der Waals surface area contributed by atoms with Crippen LogP contribution in [0.1, 0.15) is 50.3 Å². The summed E-state index contributed by atoms with van der Waals surface area (Å²) >= 11 is 3.48. The Hall–Kier alpha value is -2.05. The summed E-state index contributed by atoms with van der Waals surface area (Å²) < 4.78 is 17.8. The molecule has 3 rings (SSSR count). The Morgan fingerprint density at radius 3 is 2.50 bits per heavy atom. The van der Waals surface area contributed by atoms with Crippen LogP contribution in [0.15, 0.2) is 46.9 Å². The molecule has 0 bridgehead atoms. The van der Waals surface area contributed by atoms with E-state index in [2.05, 4.69) is 28.2 Å². The van der Waals surface area contributed by atoms with Gasteiger partial charge in [0.1, 0.15) is 0 Å². The SMILES string of the molecule is CCCOc1ccc(C(C)NC(=O)C2(c3ccc(Br)cc3)CCOCC2)cc1OC. The van der Waals surface area contributed by atoms with Crippen molar-refractivity contribution in [1.82, 2.24) is 5.32 Å². The molecule has 6 heteroatoms. The van der Waals surface area contributed by atoms with Crippen LogP contribution in [-0.2, 0) is 14.9 Å². The van der Waals surface area contributed by atoms with Gasteiger partial charge in [0.05, 0.1) is 25.2 Å². The average Bonchev–Trinajstić information content (AvgIpc) is 2.78. The molecule has 0 radical (unpaired) electrons. The summed E-state index contributed by atoms with van der Waals surface area (Å²) in [4.78, 5) is 13.5. The van der Waals surface area contributed by atoms with Crippen molar-refractivity contribution < 1.29 is 19.0 Å². The molecule has 1 aliphatic heterocycles. The molecule has 2 aromatic carbocycles. The first-order valence-corrected chi connectivity index (χ1v) is 11.2. The summed E-state index contributed by atoms with van der Waals surface area (Å²) in [5, 5.41) is 3.23. The van der Waals surface area contributed by atoms with Gasteiger partial charge in [-0.3, -0.25) is 4.79 Å². The van der Waals surface area contributed by atoms with E-state index >= 15 is 0 Å². The fraction of sp³-hybridized carbons (Fsp3) is 0.458. The molecule has 1 N–H and O–H groups in total. The van der Waals surface area contributed by atoms with Crippen LogP contribution in [0, 0.1) is 0 Å². The molecule has 1 atom stereocenters. The summed E-state index contributed by atoms with van der Waals surface area (Å²) in [6.07, 6.45) is 2.26. The highest BCUT2D eigenvalue weighted by Crippen LogP contribution is 2.37. The zero-order valence-electron chi connectivity index (χ0n) is 17.9. The van der Waals surface area contributed by atoms with Gasteiger partial charge in [-0.15, -0.1) is 0 Å². The van der Waals surface area contributed by atoms with Gasteiger partial charge in [0, 0.05) is 17.7 Å². The number of rotatable bonds is 8. The highest BCUT2D eigenvalue weighted by molar-refractivity contribution is 9.10. The fourth-order valence-electron chi connectivity index (χ4n) is 3.84. The van der Waals surface area contributed by atoms with Crippen molar-refractivity contribution >= 4 is 21.8 Å². The van der Waals surface area contributed by atoms with E-state index in [-0.39, 0.29) is 11.9 Å². The largest absolute Gasteiger partial charge is 0.493 e. The Bertz CT molecular complexity index is 847. The third-order valence-corrected chi connectivity index (χ3v) is 6.20. The van der Waals surface area contributed by atoms with E-state index in [4.69, 9.17) is 14.2 Å². The average molecular weight is 476 g/mol. The first-order chi connectivity index (χ1) is 14.5. The third kappa shape index (κ3) is 4.98. The van der Waals surface area contributed by atoms with Gasteiger partial charge in [-0.25, -0.2) is 0 Å². The zero-order chi connectivity index (χ0) is 21.6. The van der Waals surface area contributed by atoms with E-state index in [1.165, 1.54) is 0 Å². The number of hydrogen-bond donors (Lipinski definition) is 1. The van der Waals surface area contributed by atoms with Crippen molar-refractivity contribution in [2.75, 3.05) is 26.9 Å². The smallest absolute Gasteiger partial charge is 0.231 e. The first kappa shape index (κ1) is 22.6. The predicted octanol–water partition coefficient (Wildman–Crippen LogP) is 5.17. The van der Waals surface area contributed by atoms with Gasteiger partial charge >= 0.3 is 0 Å². The topological polar surface area (TPSA) is 56.8 Å². The molecular weight excluding hydrogens is 446 g/mol. The van der Waals surface area contributed by atoms with Crippen LogP contribution in [0.4, 0.5) is 0 Å². The van der Waals surface area contributed by atoms with Crippen LogP contribution in [-0.4, -0.2) is 32.8 Å². The lowest BCUT2D eigenvalue weighted by Crippen LogP contribution is -2.48. The molecule has 1 fully saturated rings. The highest BCUT2D eigenvalue weighted by Gasteiger charge is 2.42. The van der Waals surface area contributed by atoms with Gasteiger partial charge in [0.2, 0.25) is 5.91 Å². The van der Waals surface area contributed by atoms with E-state index in [1.54, 1.807) is 7.11 Å². The van der Waals surface area contributed by atoms with Gasteiger partial charge in [-0.2, -0.15) is 0 Å². The molecule has 1 aliphatic rings. The molecule has 162 valence electrons. The Morgan fingerprint density at radius 2 is 1.87 bits per heavy atom. The van der Waals surface area contributed by atoms with Gasteiger partial charge in [-0.05, 0) is 61.6 Å². The van der Waals surface area contributed by atoms with Crippen LogP contribution in [0.2, 0.25) is 0 Å². The number of methoxy groups -OCH3 is 1. The molecule has 1 unspecified atom stereocenters. The number of amides is 1. The van der Waals surface area contributed by atoms with Crippen LogP contribution in [0.5, 0.6) is 11.5 Å². The Labute approximate surface area is 187 Å². The summed E-state index contributed by atoms with van der Waals surface area (Å²) in [7, 11) is 1.63. The first-order valence-electron chi connectivity index (χ1n) is 10.5. The van der Waals surface area contributed by atoms with Crippen LogP contribution in [0.3, 0.4) is 0 Å². The molecule has 0 aliphatic carbocycles. The van der Waals surface area contributed by atoms with E-state index < -0.39 is 5.41 Å². The van der Waals surface area contributed by atoms with Crippen molar-refractivity contribution in [2.45, 2.75) is 44.6 Å². The number of hydrogen-bond acceptors (Lipinski definition) is 4. The monoisotopic (exact) mass is 475 g/mol. The van der Waals surface area contributed by atoms with Crippen LogP contribution in [0.25, 0.3) is 0 Å². The minimum Gasteiger partial charge on any atom is -0.493 e. The van der Waals surface area contributed by atoms with E-state index in [0.717, 1.165) is 27.8 Å². The Balaban J connectivity index is 1.81. The molecule has 5 nitrogen and oxygen atoms in total. The number of benzene rings is 2. The number of ether oxygens (including phenoxy) is 3. The van der Waals surface area contributed by atoms with Crippen LogP contribution < -0.4 is 14.8 Å². The molecule has 1 amide bonds. The number of halogens is 1. The number of nitrogens with one attached hydrogen (secondary N) is 1. The van der Waals surface area contributed by atoms with Gasteiger partial charge < -0.3 is 19.5 Å². The molecular formula is C24H30BrNO4. The van der Waals surface area contributed by atoms with Crippen molar-refractivity contribution in [1.29, 1.82) is 0 Å². The number of carbonyl (C=O) groups is 1. The quantitative estimate of drug-likeness (QED) is 0.571. The van der Waals surface area contributed by atoms with Gasteiger partial charge in [0.25, 0.3) is 0 Å². The zero-order valence-corrected chi connectivity index (χ0v) is 19.5. The maximum Gasteiger partial charge on any atom is 0.231 e. The Morgan fingerprint density at radius 1 is 1.17 bits per heavy atom. The lowest BCUT2D eigenvalue weighted by atomic mass is 9.73. The van der Waals surface area contributed by atoms with Crippen molar-refractivity contribution in [3.63, 3.8) is 0 Å². The predicted molar refractivity (Wildman–Crippen MR) is 121 cm³/mol. The van der Waals surface area contributed by atoms with Gasteiger partial charge in [-0.1, -0.05) is 41.1 Å². The molecule has 30 heavy (non-hydrogen) atoms. The molecule has 0 aromatic heterocycles. The lowest BCUT2D eigenvalue weighted by molar-refractivity contribution is -0.131. The van der Waals surface area contributed by atoms with E-state index in [9.17, 15) is 4.79 Å². The van der Waals surface area contributed by atoms with Crippen molar-refractivity contribution in [3.8, 4) is 11.5 Å². The summed E-state index contributed by atoms with van der Waals surface area (Å²) in [6, 6.07) is 13.7. The minimum atomic E-state index is -0.582. The standard InChI is InChI=1S/C24H30BrNO4/c1-4-13-30-21-10-5-18(16-22(21)28-3)17(2)26-23(27)24(11-14-29-15-12-24)19-6-8-20(25)9-7-19/h5-10,16-17H,4,11-15H2,1-3H3,(H,26,27). The summed E-state index contributed by atoms with van der Waals surface area (Å²) in [5.74, 6) is 1.43. The lowest BCUT2D eigenvalue weighted by Gasteiger charge is -2.37. The highest BCUT2D eigenvalue weighted by atomic mass is 79.9. The second-order valence-corrected chi connectivity index (χ2v) is 8.57. The second kappa shape index (κ2) is 10.3. The van der Waals surface area contributed by atoms with Crippen molar-refractivity contribution in [2.24, 2.45) is 0 Å². The van der Waals surface area contributed by atoms with Gasteiger partial charge in [0.15, 0.2) is 11.5 Å². The molecule has 1 heterocycles. The molecule has 1 saturated heterocycles. The molecule has 0 spiro atoms. The summed E-state index contributed by atoms with van der Waals surface area (Å²) in [5.41, 5.74) is 1.42. The third-order valence-electron chi connectivity index (χ3n) is 5.67. The summed E-state index contributed by atoms with van der Waals surface area (Å²) in [6.45, 7) is 5.86. The van der Waals surface area contributed by atoms with E-state index in [1.807, 2.05) is 49.4 Å². The Kier molecular flexibility index (Phi) is 7.78. The molecule has 0 saturated carbocycles. The van der Waals surface area contributed by atoms with E-state index in [0.29, 0.717) is 38.4 Å². The van der Waals surface area contributed by atoms with Crippen molar-refractivity contribution in [3.05, 3.63) is 58.1 Å². The minimum absolute atomic E-state index is 0.0332. The van der Waals surface area contributed by atoms with Crippen LogP contribution >= 0.6 is 15.9 Å². The fourth-order valence-corrected chi connectivity index (χ4v) is 4.10. The maximum absolute atomic E-state index is 13.5. The number of carbonyl (C=O) groups excluding carboxylic acids is 1. The normalized spacial score (nSPS) is 16.5.